The third kappa shape index (κ3) is 8.13. The van der Waals surface area contributed by atoms with Crippen LogP contribution in [-0.4, -0.2) is 63.3 Å². The molecule has 30 heavy (non-hydrogen) atoms. The first-order valence-corrected chi connectivity index (χ1v) is 11.3. The van der Waals surface area contributed by atoms with Crippen molar-refractivity contribution < 1.29 is 9.47 Å². The molecule has 1 aromatic carbocycles. The fourth-order valence-corrected chi connectivity index (χ4v) is 4.40. The number of ether oxygens (including phenoxy) is 2. The van der Waals surface area contributed by atoms with Crippen LogP contribution in [-0.2, 0) is 0 Å². The van der Waals surface area contributed by atoms with Gasteiger partial charge < -0.3 is 25.0 Å². The van der Waals surface area contributed by atoms with Crippen LogP contribution < -0.4 is 20.1 Å². The number of hydrogen-bond donors (Lipinski definition) is 2. The van der Waals surface area contributed by atoms with Gasteiger partial charge in [0.05, 0.1) is 13.7 Å². The number of guanidine groups is 1. The topological polar surface area (TPSA) is 58.1 Å². The van der Waals surface area contributed by atoms with Crippen LogP contribution >= 0.6 is 24.0 Å². The Labute approximate surface area is 199 Å². The monoisotopic (exact) mass is 530 g/mol. The smallest absolute Gasteiger partial charge is 0.191 e. The number of halogens is 1. The molecule has 3 rings (SSSR count). The number of hydrogen-bond acceptors (Lipinski definition) is 4. The molecule has 1 saturated carbocycles. The lowest BCUT2D eigenvalue weighted by Crippen LogP contribution is -2.51. The Bertz CT molecular complexity index is 629. The van der Waals surface area contributed by atoms with Crippen molar-refractivity contribution in [1.82, 2.24) is 15.5 Å². The van der Waals surface area contributed by atoms with Crippen LogP contribution in [0.5, 0.6) is 11.5 Å². The molecule has 2 aliphatic rings. The van der Waals surface area contributed by atoms with Crippen molar-refractivity contribution in [1.29, 1.82) is 0 Å². The highest BCUT2D eigenvalue weighted by Gasteiger charge is 2.26. The third-order valence-electron chi connectivity index (χ3n) is 6.11. The first kappa shape index (κ1) is 25.0. The zero-order chi connectivity index (χ0) is 20.3. The van der Waals surface area contributed by atoms with Gasteiger partial charge in [-0.25, -0.2) is 0 Å². The molecule has 2 fully saturated rings. The molecular formula is C23H39IN4O2. The summed E-state index contributed by atoms with van der Waals surface area (Å²) in [6.45, 7) is 3.93. The van der Waals surface area contributed by atoms with E-state index in [2.05, 4.69) is 20.5 Å². The molecule has 0 atom stereocenters. The number of benzene rings is 1. The zero-order valence-electron chi connectivity index (χ0n) is 18.6. The minimum Gasteiger partial charge on any atom is -0.497 e. The van der Waals surface area contributed by atoms with Crippen LogP contribution in [0.3, 0.4) is 0 Å². The van der Waals surface area contributed by atoms with Gasteiger partial charge in [-0.2, -0.15) is 0 Å². The van der Waals surface area contributed by atoms with Crippen molar-refractivity contribution in [3.8, 4) is 11.5 Å². The molecule has 0 aromatic heterocycles. The SMILES string of the molecule is CN=C(NCCCOc1cccc(OC)c1)NC1CCN(C2CCCCC2)CC1.I. The maximum Gasteiger partial charge on any atom is 0.191 e. The molecule has 1 aromatic rings. The van der Waals surface area contributed by atoms with Crippen molar-refractivity contribution in [3.63, 3.8) is 0 Å². The summed E-state index contributed by atoms with van der Waals surface area (Å²) >= 11 is 0. The molecule has 0 unspecified atom stereocenters. The predicted octanol–water partition coefficient (Wildman–Crippen LogP) is 4.04. The van der Waals surface area contributed by atoms with Gasteiger partial charge >= 0.3 is 0 Å². The molecule has 1 heterocycles. The second-order valence-electron chi connectivity index (χ2n) is 8.13. The molecule has 6 nitrogen and oxygen atoms in total. The molecule has 1 aliphatic carbocycles. The summed E-state index contributed by atoms with van der Waals surface area (Å²) in [5.41, 5.74) is 0. The van der Waals surface area contributed by atoms with E-state index in [1.165, 1.54) is 58.0 Å². The third-order valence-corrected chi connectivity index (χ3v) is 6.11. The van der Waals surface area contributed by atoms with Gasteiger partial charge in [0.1, 0.15) is 11.5 Å². The molecule has 0 radical (unpaired) electrons. The van der Waals surface area contributed by atoms with Crippen LogP contribution in [0.15, 0.2) is 29.3 Å². The van der Waals surface area contributed by atoms with E-state index >= 15 is 0 Å². The lowest BCUT2D eigenvalue weighted by molar-refractivity contribution is 0.119. The van der Waals surface area contributed by atoms with Crippen molar-refractivity contribution in [2.75, 3.05) is 40.4 Å². The van der Waals surface area contributed by atoms with E-state index in [0.29, 0.717) is 12.6 Å². The Morgan fingerprint density at radius 1 is 1.10 bits per heavy atom. The molecular weight excluding hydrogens is 491 g/mol. The van der Waals surface area contributed by atoms with Crippen LogP contribution in [0.4, 0.5) is 0 Å². The lowest BCUT2D eigenvalue weighted by Gasteiger charge is -2.39. The molecule has 0 amide bonds. The maximum absolute atomic E-state index is 5.80. The summed E-state index contributed by atoms with van der Waals surface area (Å²) < 4.78 is 11.0. The van der Waals surface area contributed by atoms with Gasteiger partial charge in [-0.3, -0.25) is 4.99 Å². The normalized spacial score (nSPS) is 19.1. The van der Waals surface area contributed by atoms with Gasteiger partial charge in [0, 0.05) is 44.8 Å². The fraction of sp³-hybridized carbons (Fsp3) is 0.696. The Hall–Kier alpha value is -1.22. The maximum atomic E-state index is 5.80. The second-order valence-corrected chi connectivity index (χ2v) is 8.13. The first-order chi connectivity index (χ1) is 14.3. The number of nitrogens with one attached hydrogen (secondary N) is 2. The van der Waals surface area contributed by atoms with E-state index in [1.807, 2.05) is 31.3 Å². The molecule has 7 heteroatoms. The van der Waals surface area contributed by atoms with Crippen LogP contribution in [0.1, 0.15) is 51.4 Å². The van der Waals surface area contributed by atoms with Crippen LogP contribution in [0.25, 0.3) is 0 Å². The van der Waals surface area contributed by atoms with Crippen LogP contribution in [0.2, 0.25) is 0 Å². The summed E-state index contributed by atoms with van der Waals surface area (Å²) in [6, 6.07) is 9.09. The highest BCUT2D eigenvalue weighted by Crippen LogP contribution is 2.25. The van der Waals surface area contributed by atoms with Crippen molar-refractivity contribution in [3.05, 3.63) is 24.3 Å². The molecule has 170 valence electrons. The second kappa shape index (κ2) is 14.0. The van der Waals surface area contributed by atoms with Crippen molar-refractivity contribution in [2.24, 2.45) is 4.99 Å². The molecule has 2 N–H and O–H groups in total. The predicted molar refractivity (Wildman–Crippen MR) is 134 cm³/mol. The number of methoxy groups -OCH3 is 1. The highest BCUT2D eigenvalue weighted by atomic mass is 127. The number of nitrogens with zero attached hydrogens (tertiary/aromatic N) is 2. The minimum absolute atomic E-state index is 0. The van der Waals surface area contributed by atoms with Gasteiger partial charge in [-0.05, 0) is 44.2 Å². The van der Waals surface area contributed by atoms with Gasteiger partial charge in [-0.1, -0.05) is 25.3 Å². The minimum atomic E-state index is 0. The Morgan fingerprint density at radius 3 is 2.53 bits per heavy atom. The van der Waals surface area contributed by atoms with E-state index in [4.69, 9.17) is 9.47 Å². The average molecular weight is 530 g/mol. The van der Waals surface area contributed by atoms with Crippen molar-refractivity contribution >= 4 is 29.9 Å². The summed E-state index contributed by atoms with van der Waals surface area (Å²) in [5.74, 6) is 2.57. The number of likely N-dealkylation sites (tertiary alicyclic amines) is 1. The fourth-order valence-electron chi connectivity index (χ4n) is 4.40. The zero-order valence-corrected chi connectivity index (χ0v) is 20.9. The van der Waals surface area contributed by atoms with E-state index < -0.39 is 0 Å². The number of piperidine rings is 1. The number of rotatable bonds is 8. The molecule has 1 aliphatic heterocycles. The lowest BCUT2D eigenvalue weighted by atomic mass is 9.92. The Balaban J connectivity index is 0.00000320. The molecule has 0 spiro atoms. The first-order valence-electron chi connectivity index (χ1n) is 11.3. The summed E-state index contributed by atoms with van der Waals surface area (Å²) in [4.78, 5) is 7.12. The van der Waals surface area contributed by atoms with Crippen LogP contribution in [0, 0.1) is 0 Å². The van der Waals surface area contributed by atoms with Gasteiger partial charge in [0.2, 0.25) is 0 Å². The Kier molecular flexibility index (Phi) is 11.7. The van der Waals surface area contributed by atoms with Crippen molar-refractivity contribution in [2.45, 2.75) is 63.5 Å². The Morgan fingerprint density at radius 2 is 1.83 bits per heavy atom. The average Bonchev–Trinajstić information content (AvgIpc) is 2.79. The van der Waals surface area contributed by atoms with E-state index in [1.54, 1.807) is 7.11 Å². The van der Waals surface area contributed by atoms with E-state index in [0.717, 1.165) is 36.5 Å². The summed E-state index contributed by atoms with van der Waals surface area (Å²) in [6.07, 6.45) is 10.4. The quantitative estimate of drug-likeness (QED) is 0.230. The summed E-state index contributed by atoms with van der Waals surface area (Å²) in [7, 11) is 3.51. The molecule has 0 bridgehead atoms. The van der Waals surface area contributed by atoms with E-state index in [-0.39, 0.29) is 24.0 Å². The van der Waals surface area contributed by atoms with E-state index in [9.17, 15) is 0 Å². The largest absolute Gasteiger partial charge is 0.497 e. The summed E-state index contributed by atoms with van der Waals surface area (Å²) in [5, 5.41) is 7.03. The number of aliphatic imine (C=N–C) groups is 1. The standard InChI is InChI=1S/C23H38N4O2.HI/c1-24-23(25-14-7-17-29-22-11-6-10-21(18-22)28-2)26-19-12-15-27(16-13-19)20-8-4-3-5-9-20;/h6,10-11,18-20H,3-5,7-9,12-17H2,1-2H3,(H2,24,25,26);1H. The van der Waals surface area contributed by atoms with Gasteiger partial charge in [0.15, 0.2) is 5.96 Å². The molecule has 1 saturated heterocycles. The van der Waals surface area contributed by atoms with Gasteiger partial charge in [-0.15, -0.1) is 24.0 Å². The highest BCUT2D eigenvalue weighted by molar-refractivity contribution is 14.0. The van der Waals surface area contributed by atoms with Gasteiger partial charge in [0.25, 0.3) is 0 Å².